The van der Waals surface area contributed by atoms with Crippen molar-refractivity contribution in [2.24, 2.45) is 5.92 Å². The van der Waals surface area contributed by atoms with Crippen molar-refractivity contribution in [3.05, 3.63) is 17.5 Å². The van der Waals surface area contributed by atoms with Crippen LogP contribution in [0.2, 0.25) is 0 Å². The number of alkyl halides is 3. The minimum atomic E-state index is -4.50. The lowest BCUT2D eigenvalue weighted by Crippen LogP contribution is -2.51. The van der Waals surface area contributed by atoms with E-state index in [9.17, 15) is 18.0 Å². The van der Waals surface area contributed by atoms with Crippen LogP contribution < -0.4 is 0 Å². The van der Waals surface area contributed by atoms with E-state index in [4.69, 9.17) is 4.74 Å². The van der Waals surface area contributed by atoms with Gasteiger partial charge in [0, 0.05) is 19.2 Å². The molecule has 2 heterocycles. The summed E-state index contributed by atoms with van der Waals surface area (Å²) in [6.45, 7) is 6.50. The molecule has 1 aliphatic heterocycles. The first-order valence-electron chi connectivity index (χ1n) is 7.05. The van der Waals surface area contributed by atoms with Crippen molar-refractivity contribution in [3.8, 4) is 0 Å². The third-order valence-electron chi connectivity index (χ3n) is 3.26. The van der Waals surface area contributed by atoms with Gasteiger partial charge in [0.1, 0.15) is 5.60 Å². The average molecular weight is 320 g/mol. The molecule has 0 radical (unpaired) electrons. The molecule has 0 saturated carbocycles. The molecule has 1 aromatic heterocycles. The molecule has 5 nitrogen and oxygen atoms in total. The van der Waals surface area contributed by atoms with Crippen LogP contribution in [0.1, 0.15) is 38.6 Å². The molecule has 1 amide bonds. The van der Waals surface area contributed by atoms with Gasteiger partial charge < -0.3 is 14.2 Å². The third kappa shape index (κ3) is 4.38. The Bertz CT molecular complexity index is 528. The fourth-order valence-corrected chi connectivity index (χ4v) is 2.14. The molecule has 0 N–H and O–H groups in total. The Morgan fingerprint density at radius 1 is 1.41 bits per heavy atom. The van der Waals surface area contributed by atoms with E-state index in [2.05, 4.69) is 9.68 Å². The van der Waals surface area contributed by atoms with E-state index in [1.165, 1.54) is 0 Å². The zero-order valence-electron chi connectivity index (χ0n) is 12.7. The summed E-state index contributed by atoms with van der Waals surface area (Å²) in [5.41, 5.74) is -0.250. The van der Waals surface area contributed by atoms with E-state index in [0.717, 1.165) is 6.07 Å². The van der Waals surface area contributed by atoms with E-state index in [-0.39, 0.29) is 17.7 Å². The number of hydrogen-bond acceptors (Lipinski definition) is 4. The van der Waals surface area contributed by atoms with Crippen molar-refractivity contribution in [2.75, 3.05) is 13.1 Å². The average Bonchev–Trinajstić information content (AvgIpc) is 2.72. The number of hydrogen-bond donors (Lipinski definition) is 0. The molecule has 1 fully saturated rings. The molecule has 0 bridgehead atoms. The number of carbonyl (C=O) groups excluding carboxylic acids is 1. The van der Waals surface area contributed by atoms with Gasteiger partial charge in [-0.1, -0.05) is 5.16 Å². The molecular weight excluding hydrogens is 301 g/mol. The molecule has 22 heavy (non-hydrogen) atoms. The van der Waals surface area contributed by atoms with Crippen molar-refractivity contribution < 1.29 is 27.2 Å². The first-order valence-corrected chi connectivity index (χ1v) is 7.05. The maximum atomic E-state index is 12.4. The fraction of sp³-hybridized carbons (Fsp3) is 0.714. The summed E-state index contributed by atoms with van der Waals surface area (Å²) in [7, 11) is 0. The first kappa shape index (κ1) is 16.6. The molecule has 0 unspecified atom stereocenters. The van der Waals surface area contributed by atoms with Crippen LogP contribution in [0.15, 0.2) is 10.6 Å². The lowest BCUT2D eigenvalue weighted by molar-refractivity contribution is -0.155. The lowest BCUT2D eigenvalue weighted by Gasteiger charge is -2.39. The predicted octanol–water partition coefficient (Wildman–Crippen LogP) is 3.49. The van der Waals surface area contributed by atoms with E-state index in [1.807, 2.05) is 0 Å². The minimum Gasteiger partial charge on any atom is -0.444 e. The Hall–Kier alpha value is -1.73. The van der Waals surface area contributed by atoms with E-state index in [0.29, 0.717) is 25.9 Å². The lowest BCUT2D eigenvalue weighted by atomic mass is 9.94. The van der Waals surface area contributed by atoms with Gasteiger partial charge in [-0.05, 0) is 39.5 Å². The number of amides is 1. The van der Waals surface area contributed by atoms with Crippen LogP contribution in [0, 0.1) is 5.92 Å². The second-order valence-electron chi connectivity index (χ2n) is 6.47. The van der Waals surface area contributed by atoms with Crippen LogP contribution in [0.5, 0.6) is 0 Å². The molecule has 0 aliphatic carbocycles. The molecule has 2 rings (SSSR count). The summed E-state index contributed by atoms with van der Waals surface area (Å²) in [4.78, 5) is 13.3. The molecule has 8 heteroatoms. The second-order valence-corrected chi connectivity index (χ2v) is 6.47. The quantitative estimate of drug-likeness (QED) is 0.855. The van der Waals surface area contributed by atoms with Crippen molar-refractivity contribution in [2.45, 2.75) is 45.4 Å². The highest BCUT2D eigenvalue weighted by Gasteiger charge is 2.37. The van der Waals surface area contributed by atoms with Crippen LogP contribution in [0.4, 0.5) is 18.0 Å². The SMILES string of the molecule is CC(C)(C)OC(=O)N1CC(CCc2cc(C(F)(F)F)on2)C1. The van der Waals surface area contributed by atoms with Crippen molar-refractivity contribution >= 4 is 6.09 Å². The molecule has 1 aliphatic rings. The largest absolute Gasteiger partial charge is 0.452 e. The Balaban J connectivity index is 1.72. The van der Waals surface area contributed by atoms with Crippen molar-refractivity contribution in [1.29, 1.82) is 0 Å². The Morgan fingerprint density at radius 3 is 2.55 bits per heavy atom. The molecule has 0 atom stereocenters. The first-order chi connectivity index (χ1) is 10.0. The zero-order valence-corrected chi connectivity index (χ0v) is 12.7. The van der Waals surface area contributed by atoms with Crippen molar-refractivity contribution in [1.82, 2.24) is 10.1 Å². The summed E-state index contributed by atoms with van der Waals surface area (Å²) >= 11 is 0. The number of rotatable bonds is 3. The molecule has 1 saturated heterocycles. The van der Waals surface area contributed by atoms with Crippen LogP contribution in [-0.4, -0.2) is 34.8 Å². The van der Waals surface area contributed by atoms with Crippen molar-refractivity contribution in [3.63, 3.8) is 0 Å². The normalized spacial score (nSPS) is 16.5. The van der Waals surface area contributed by atoms with Gasteiger partial charge >= 0.3 is 12.3 Å². The van der Waals surface area contributed by atoms with Crippen LogP contribution in [-0.2, 0) is 17.3 Å². The van der Waals surface area contributed by atoms with Gasteiger partial charge in [0.2, 0.25) is 5.76 Å². The summed E-state index contributed by atoms with van der Waals surface area (Å²) < 4.78 is 46.6. The number of aryl methyl sites for hydroxylation is 1. The van der Waals surface area contributed by atoms with Gasteiger partial charge in [-0.25, -0.2) is 4.79 Å². The number of ether oxygens (including phenoxy) is 1. The summed E-state index contributed by atoms with van der Waals surface area (Å²) in [6, 6.07) is 0.921. The van der Waals surface area contributed by atoms with E-state index in [1.54, 1.807) is 25.7 Å². The molecule has 124 valence electrons. The number of halogens is 3. The fourth-order valence-electron chi connectivity index (χ4n) is 2.14. The summed E-state index contributed by atoms with van der Waals surface area (Å²) in [5.74, 6) is -0.829. The maximum Gasteiger partial charge on any atom is 0.452 e. The Morgan fingerprint density at radius 2 is 2.05 bits per heavy atom. The number of carbonyl (C=O) groups is 1. The second kappa shape index (κ2) is 5.81. The highest BCUT2D eigenvalue weighted by Crippen LogP contribution is 2.30. The minimum absolute atomic E-state index is 0.249. The van der Waals surface area contributed by atoms with E-state index < -0.39 is 17.5 Å². The van der Waals surface area contributed by atoms with Gasteiger partial charge in [-0.3, -0.25) is 0 Å². The highest BCUT2D eigenvalue weighted by molar-refractivity contribution is 5.69. The standard InChI is InChI=1S/C14H19F3N2O3/c1-13(2,3)21-12(20)19-7-9(8-19)4-5-10-6-11(22-18-10)14(15,16)17/h6,9H,4-5,7-8H2,1-3H3. The van der Waals surface area contributed by atoms with Gasteiger partial charge in [0.25, 0.3) is 0 Å². The van der Waals surface area contributed by atoms with Gasteiger partial charge in [0.05, 0.1) is 5.69 Å². The van der Waals surface area contributed by atoms with Crippen LogP contribution in [0.3, 0.4) is 0 Å². The van der Waals surface area contributed by atoms with Gasteiger partial charge in [0.15, 0.2) is 0 Å². The Kier molecular flexibility index (Phi) is 4.39. The van der Waals surface area contributed by atoms with Gasteiger partial charge in [-0.15, -0.1) is 0 Å². The highest BCUT2D eigenvalue weighted by atomic mass is 19.4. The van der Waals surface area contributed by atoms with E-state index >= 15 is 0 Å². The smallest absolute Gasteiger partial charge is 0.444 e. The van der Waals surface area contributed by atoms with Gasteiger partial charge in [-0.2, -0.15) is 13.2 Å². The number of likely N-dealkylation sites (tertiary alicyclic amines) is 1. The topological polar surface area (TPSA) is 55.6 Å². The summed E-state index contributed by atoms with van der Waals surface area (Å²) in [6.07, 6.45) is -3.81. The predicted molar refractivity (Wildman–Crippen MR) is 71.1 cm³/mol. The third-order valence-corrected chi connectivity index (χ3v) is 3.26. The summed E-state index contributed by atoms with van der Waals surface area (Å²) in [5, 5.41) is 3.42. The Labute approximate surface area is 126 Å². The van der Waals surface area contributed by atoms with Crippen LogP contribution >= 0.6 is 0 Å². The number of nitrogens with zero attached hydrogens (tertiary/aromatic N) is 2. The molecular formula is C14H19F3N2O3. The molecule has 0 spiro atoms. The monoisotopic (exact) mass is 320 g/mol. The molecule has 0 aromatic carbocycles. The maximum absolute atomic E-state index is 12.4. The molecule has 1 aromatic rings. The zero-order chi connectivity index (χ0) is 16.5. The number of aromatic nitrogens is 1. The van der Waals surface area contributed by atoms with Crippen LogP contribution in [0.25, 0.3) is 0 Å².